The second-order valence-corrected chi connectivity index (χ2v) is 11.6. The molecule has 0 saturated carbocycles. The van der Waals surface area contributed by atoms with Gasteiger partial charge in [-0.2, -0.15) is 0 Å². The van der Waals surface area contributed by atoms with Gasteiger partial charge in [-0.15, -0.1) is 0 Å². The smallest absolute Gasteiger partial charge is 0.331 e. The summed E-state index contributed by atoms with van der Waals surface area (Å²) in [6.45, 7) is 11.3. The molecule has 0 saturated heterocycles. The number of allylic oxidation sites excluding steroid dienone is 5. The van der Waals surface area contributed by atoms with Gasteiger partial charge in [-0.1, -0.05) is 128 Å². The molecular weight excluding hydrogens is 500 g/mol. The van der Waals surface area contributed by atoms with Gasteiger partial charge in [0.15, 0.2) is 0 Å². The Balaban J connectivity index is 3.62. The number of unbranched alkanes of at least 4 members (excludes halogenated alkanes) is 14. The maximum absolute atomic E-state index is 12.7. The standard InChI is InChI=1S/C39H62O2/c1-6-11-15-19-21-23-27-34-31-32-35(33-39(40)41-10-5)37(29-25-18-14-9-4)38(30-26-22-20-16-12-7-2)36(34)28-24-17-13-8-3/h33H,6-22,24-25,28-29,31-32H2,1-5H3/b35-33+. The first-order valence-corrected chi connectivity index (χ1v) is 17.4. The van der Waals surface area contributed by atoms with Crippen LogP contribution in [0.1, 0.15) is 176 Å². The van der Waals surface area contributed by atoms with Crippen LogP contribution in [0.3, 0.4) is 0 Å². The quantitative estimate of drug-likeness (QED) is 0.0638. The molecule has 0 amide bonds. The molecule has 1 aliphatic rings. The van der Waals surface area contributed by atoms with Crippen LogP contribution in [-0.2, 0) is 9.53 Å². The average molecular weight is 563 g/mol. The van der Waals surface area contributed by atoms with Crippen LogP contribution in [0.2, 0.25) is 0 Å². The Bertz CT molecular complexity index is 938. The topological polar surface area (TPSA) is 26.3 Å². The number of carbonyl (C=O) groups excluding carboxylic acids is 1. The second-order valence-electron chi connectivity index (χ2n) is 11.6. The summed E-state index contributed by atoms with van der Waals surface area (Å²) in [6.07, 6.45) is 27.0. The lowest BCUT2D eigenvalue weighted by Gasteiger charge is -2.16. The summed E-state index contributed by atoms with van der Waals surface area (Å²) in [5.74, 6) is 14.3. The number of rotatable bonds is 20. The molecule has 0 fully saturated rings. The highest BCUT2D eigenvalue weighted by atomic mass is 16.5. The van der Waals surface area contributed by atoms with Gasteiger partial charge in [0, 0.05) is 30.1 Å². The molecule has 0 unspecified atom stereocenters. The van der Waals surface area contributed by atoms with Crippen molar-refractivity contribution < 1.29 is 9.53 Å². The molecule has 2 heteroatoms. The molecule has 0 aromatic heterocycles. The van der Waals surface area contributed by atoms with Crippen LogP contribution in [0, 0.1) is 23.7 Å². The number of ether oxygens (including phenoxy) is 1. The maximum atomic E-state index is 12.7. The summed E-state index contributed by atoms with van der Waals surface area (Å²) in [5, 5.41) is 0. The lowest BCUT2D eigenvalue weighted by molar-refractivity contribution is -0.137. The first kappa shape index (κ1) is 36.8. The molecular formula is C39H62O2. The molecule has 1 rings (SSSR count). The minimum atomic E-state index is -0.226. The van der Waals surface area contributed by atoms with Gasteiger partial charge in [-0.05, 0) is 75.0 Å². The third-order valence-corrected chi connectivity index (χ3v) is 7.90. The summed E-state index contributed by atoms with van der Waals surface area (Å²) in [4.78, 5) is 12.7. The fourth-order valence-electron chi connectivity index (χ4n) is 5.45. The molecule has 0 aliphatic heterocycles. The number of esters is 1. The summed E-state index contributed by atoms with van der Waals surface area (Å²) < 4.78 is 5.39. The molecule has 1 aliphatic carbocycles. The van der Waals surface area contributed by atoms with Gasteiger partial charge in [0.05, 0.1) is 6.61 Å². The van der Waals surface area contributed by atoms with E-state index in [4.69, 9.17) is 4.74 Å². The van der Waals surface area contributed by atoms with Crippen LogP contribution in [0.25, 0.3) is 0 Å². The Kier molecular flexibility index (Phi) is 22.9. The molecule has 0 aromatic rings. The van der Waals surface area contributed by atoms with Gasteiger partial charge >= 0.3 is 5.97 Å². The average Bonchev–Trinajstić information content (AvgIpc) is 3.09. The normalized spacial score (nSPS) is 14.4. The van der Waals surface area contributed by atoms with Crippen LogP contribution in [0.5, 0.6) is 0 Å². The minimum Gasteiger partial charge on any atom is -0.463 e. The third kappa shape index (κ3) is 16.7. The van der Waals surface area contributed by atoms with Gasteiger partial charge in [0.1, 0.15) is 0 Å². The number of hydrogen-bond acceptors (Lipinski definition) is 2. The maximum Gasteiger partial charge on any atom is 0.331 e. The zero-order valence-electron chi connectivity index (χ0n) is 27.7. The van der Waals surface area contributed by atoms with Gasteiger partial charge in [-0.25, -0.2) is 4.79 Å². The highest BCUT2D eigenvalue weighted by molar-refractivity contribution is 5.84. The molecule has 0 heterocycles. The molecule has 0 radical (unpaired) electrons. The van der Waals surface area contributed by atoms with Gasteiger partial charge in [0.25, 0.3) is 0 Å². The predicted octanol–water partition coefficient (Wildman–Crippen LogP) is 11.8. The van der Waals surface area contributed by atoms with E-state index in [9.17, 15) is 4.79 Å². The third-order valence-electron chi connectivity index (χ3n) is 7.90. The van der Waals surface area contributed by atoms with E-state index in [1.807, 2.05) is 6.92 Å². The summed E-state index contributed by atoms with van der Waals surface area (Å²) in [5.41, 5.74) is 6.25. The van der Waals surface area contributed by atoms with Crippen molar-refractivity contribution in [2.45, 2.75) is 176 Å². The van der Waals surface area contributed by atoms with Gasteiger partial charge < -0.3 is 4.74 Å². The first-order chi connectivity index (χ1) is 20.1. The Morgan fingerprint density at radius 1 is 0.634 bits per heavy atom. The van der Waals surface area contributed by atoms with E-state index in [2.05, 4.69) is 51.4 Å². The van der Waals surface area contributed by atoms with Crippen molar-refractivity contribution in [3.05, 3.63) is 33.9 Å². The molecule has 0 spiro atoms. The lowest BCUT2D eigenvalue weighted by atomic mass is 9.88. The largest absolute Gasteiger partial charge is 0.463 e. The van der Waals surface area contributed by atoms with Crippen molar-refractivity contribution in [1.82, 2.24) is 0 Å². The van der Waals surface area contributed by atoms with Crippen molar-refractivity contribution in [1.29, 1.82) is 0 Å². The lowest BCUT2D eigenvalue weighted by Crippen LogP contribution is -2.04. The molecule has 0 aromatic carbocycles. The molecule has 2 nitrogen and oxygen atoms in total. The van der Waals surface area contributed by atoms with E-state index in [-0.39, 0.29) is 5.97 Å². The van der Waals surface area contributed by atoms with Crippen LogP contribution in [0.15, 0.2) is 33.9 Å². The predicted molar refractivity (Wildman–Crippen MR) is 179 cm³/mol. The van der Waals surface area contributed by atoms with Gasteiger partial charge in [0.2, 0.25) is 0 Å². The van der Waals surface area contributed by atoms with E-state index >= 15 is 0 Å². The van der Waals surface area contributed by atoms with Crippen molar-refractivity contribution in [2.24, 2.45) is 0 Å². The number of carbonyl (C=O) groups is 1. The zero-order chi connectivity index (χ0) is 30.0. The number of hydrogen-bond donors (Lipinski definition) is 0. The van der Waals surface area contributed by atoms with E-state index in [0.29, 0.717) is 6.61 Å². The fourth-order valence-corrected chi connectivity index (χ4v) is 5.45. The van der Waals surface area contributed by atoms with E-state index in [0.717, 1.165) is 56.9 Å². The first-order valence-electron chi connectivity index (χ1n) is 17.4. The Hall–Kier alpha value is -2.19. The Morgan fingerprint density at radius 3 is 1.68 bits per heavy atom. The SMILES string of the molecule is CCCCCCC#CC1=C(CCCCCC)C(C#CCCCCCC)=C(CCCCCC)/C(=C/C(=O)OCC)CC1. The van der Waals surface area contributed by atoms with Crippen LogP contribution < -0.4 is 0 Å². The van der Waals surface area contributed by atoms with Gasteiger partial charge in [-0.3, -0.25) is 0 Å². The van der Waals surface area contributed by atoms with Crippen molar-refractivity contribution in [2.75, 3.05) is 6.61 Å². The molecule has 41 heavy (non-hydrogen) atoms. The van der Waals surface area contributed by atoms with E-state index in [1.165, 1.54) is 112 Å². The molecule has 0 atom stereocenters. The summed E-state index contributed by atoms with van der Waals surface area (Å²) >= 11 is 0. The molecule has 0 N–H and O–H groups in total. The summed E-state index contributed by atoms with van der Waals surface area (Å²) in [7, 11) is 0. The van der Waals surface area contributed by atoms with Crippen molar-refractivity contribution >= 4 is 5.97 Å². The van der Waals surface area contributed by atoms with Crippen LogP contribution in [0.4, 0.5) is 0 Å². The van der Waals surface area contributed by atoms with Crippen LogP contribution >= 0.6 is 0 Å². The van der Waals surface area contributed by atoms with Crippen molar-refractivity contribution in [3.63, 3.8) is 0 Å². The molecule has 230 valence electrons. The zero-order valence-corrected chi connectivity index (χ0v) is 27.7. The Morgan fingerprint density at radius 2 is 1.15 bits per heavy atom. The minimum absolute atomic E-state index is 0.226. The monoisotopic (exact) mass is 562 g/mol. The Labute approximate surface area is 255 Å². The van der Waals surface area contributed by atoms with Crippen LogP contribution in [-0.4, -0.2) is 12.6 Å². The fraction of sp³-hybridized carbons (Fsp3) is 0.718. The highest BCUT2D eigenvalue weighted by Crippen LogP contribution is 2.37. The van der Waals surface area contributed by atoms with E-state index in [1.54, 1.807) is 6.08 Å². The van der Waals surface area contributed by atoms with Crippen molar-refractivity contribution in [3.8, 4) is 23.7 Å². The summed E-state index contributed by atoms with van der Waals surface area (Å²) in [6, 6.07) is 0. The highest BCUT2D eigenvalue weighted by Gasteiger charge is 2.22. The molecule has 0 bridgehead atoms. The van der Waals surface area contributed by atoms with E-state index < -0.39 is 0 Å². The second kappa shape index (κ2) is 25.5.